The molecule has 2 N–H and O–H groups in total. The summed E-state index contributed by atoms with van der Waals surface area (Å²) in [5, 5.41) is 11.3. The van der Waals surface area contributed by atoms with Crippen molar-refractivity contribution in [2.24, 2.45) is 0 Å². The number of carbonyl (C=O) groups is 1. The highest BCUT2D eigenvalue weighted by atomic mass is 32.2. The number of H-pyrrole nitrogens is 1. The molecule has 2 heterocycles. The van der Waals surface area contributed by atoms with Crippen LogP contribution in [-0.2, 0) is 38.0 Å². The zero-order valence-electron chi connectivity index (χ0n) is 22.6. The Morgan fingerprint density at radius 1 is 1.08 bits per heavy atom. The van der Waals surface area contributed by atoms with Crippen molar-refractivity contribution in [1.29, 1.82) is 0 Å². The minimum Gasteiger partial charge on any atom is -0.512 e. The van der Waals surface area contributed by atoms with Crippen LogP contribution in [0.5, 0.6) is 0 Å². The van der Waals surface area contributed by atoms with Crippen molar-refractivity contribution in [3.63, 3.8) is 0 Å². The molecule has 0 radical (unpaired) electrons. The molecule has 206 valence electrons. The van der Waals surface area contributed by atoms with Crippen LogP contribution in [-0.4, -0.2) is 35.1 Å². The van der Waals surface area contributed by atoms with Crippen LogP contribution in [0.25, 0.3) is 0 Å². The van der Waals surface area contributed by atoms with E-state index in [0.717, 1.165) is 42.4 Å². The van der Waals surface area contributed by atoms with Crippen molar-refractivity contribution in [2.75, 3.05) is 0 Å². The number of carbonyl (C=O) groups excluding carboxylic acids is 1. The normalized spacial score (nSPS) is 19.8. The van der Waals surface area contributed by atoms with Crippen molar-refractivity contribution in [3.8, 4) is 0 Å². The first kappa shape index (κ1) is 27.2. The van der Waals surface area contributed by atoms with Crippen LogP contribution in [0.15, 0.2) is 71.1 Å². The van der Waals surface area contributed by atoms with Gasteiger partial charge in [0.2, 0.25) is 0 Å². The Hall–Kier alpha value is -3.39. The van der Waals surface area contributed by atoms with Gasteiger partial charge in [-0.25, -0.2) is 18.2 Å². The van der Waals surface area contributed by atoms with E-state index in [2.05, 4.69) is 29.0 Å². The molecule has 0 spiro atoms. The van der Waals surface area contributed by atoms with Crippen LogP contribution in [0, 0.1) is 6.92 Å². The summed E-state index contributed by atoms with van der Waals surface area (Å²) in [6, 6.07) is 15.7. The molecular formula is C31H36N2O5S. The van der Waals surface area contributed by atoms with Gasteiger partial charge in [-0.3, -0.25) is 0 Å². The highest BCUT2D eigenvalue weighted by molar-refractivity contribution is 7.90. The van der Waals surface area contributed by atoms with E-state index in [1.165, 1.54) is 11.8 Å². The second kappa shape index (κ2) is 11.0. The van der Waals surface area contributed by atoms with Gasteiger partial charge in [-0.1, -0.05) is 61.9 Å². The Balaban J connectivity index is 1.40. The predicted octanol–water partition coefficient (Wildman–Crippen LogP) is 6.04. The van der Waals surface area contributed by atoms with Gasteiger partial charge in [0.25, 0.3) is 0 Å². The summed E-state index contributed by atoms with van der Waals surface area (Å²) in [5.74, 6) is 0.254. The van der Waals surface area contributed by atoms with Crippen molar-refractivity contribution >= 4 is 15.8 Å². The second-order valence-corrected chi connectivity index (χ2v) is 12.9. The molecule has 0 bridgehead atoms. The number of aliphatic hydroxyl groups excluding tert-OH is 1. The molecule has 7 nitrogen and oxygen atoms in total. The van der Waals surface area contributed by atoms with Crippen LogP contribution in [0.2, 0.25) is 0 Å². The maximum Gasteiger partial charge on any atom is 0.338 e. The topological polar surface area (TPSA) is 109 Å². The molecule has 39 heavy (non-hydrogen) atoms. The molecule has 2 aliphatic rings. The number of rotatable bonds is 11. The third-order valence-corrected chi connectivity index (χ3v) is 9.38. The number of hydrogen-bond donors (Lipinski definition) is 2. The number of aromatic nitrogens is 2. The molecule has 1 aromatic heterocycles. The van der Waals surface area contributed by atoms with E-state index in [1.54, 1.807) is 6.92 Å². The highest BCUT2D eigenvalue weighted by Gasteiger charge is 2.41. The molecule has 0 amide bonds. The summed E-state index contributed by atoms with van der Waals surface area (Å²) in [7, 11) is -3.61. The summed E-state index contributed by atoms with van der Waals surface area (Å²) < 4.78 is 32.4. The summed E-state index contributed by atoms with van der Waals surface area (Å²) in [5.41, 5.74) is 3.29. The lowest BCUT2D eigenvalue weighted by molar-refractivity contribution is -0.160. The fraction of sp³-hybridized carbons (Fsp3) is 0.419. The van der Waals surface area contributed by atoms with Crippen LogP contribution < -0.4 is 0 Å². The monoisotopic (exact) mass is 548 g/mol. The molecule has 1 fully saturated rings. The molecule has 2 aromatic carbocycles. The number of nitrogens with one attached hydrogen (secondary N) is 1. The third kappa shape index (κ3) is 6.11. The molecule has 5 rings (SSSR count). The van der Waals surface area contributed by atoms with Gasteiger partial charge in [-0.2, -0.15) is 0 Å². The number of esters is 1. The van der Waals surface area contributed by atoms with E-state index < -0.39 is 21.4 Å². The Labute approximate surface area is 230 Å². The number of cyclic esters (lactones) is 1. The summed E-state index contributed by atoms with van der Waals surface area (Å²) in [6.07, 6.45) is 6.72. The minimum absolute atomic E-state index is 0.0838. The van der Waals surface area contributed by atoms with E-state index >= 15 is 0 Å². The van der Waals surface area contributed by atoms with Crippen LogP contribution >= 0.6 is 0 Å². The van der Waals surface area contributed by atoms with Gasteiger partial charge in [0.05, 0.1) is 17.5 Å². The maximum atomic E-state index is 13.4. The van der Waals surface area contributed by atoms with E-state index in [4.69, 9.17) is 4.74 Å². The lowest BCUT2D eigenvalue weighted by Crippen LogP contribution is -2.41. The van der Waals surface area contributed by atoms with E-state index in [-0.39, 0.29) is 34.4 Å². The van der Waals surface area contributed by atoms with Crippen molar-refractivity contribution in [2.45, 2.75) is 87.5 Å². The Morgan fingerprint density at radius 2 is 1.82 bits per heavy atom. The molecule has 1 atom stereocenters. The van der Waals surface area contributed by atoms with Crippen molar-refractivity contribution in [1.82, 2.24) is 9.97 Å². The number of aryl methyl sites for hydroxylation is 2. The van der Waals surface area contributed by atoms with Crippen LogP contribution in [0.1, 0.15) is 79.4 Å². The lowest BCUT2D eigenvalue weighted by Gasteiger charge is -2.37. The molecule has 0 saturated heterocycles. The van der Waals surface area contributed by atoms with Crippen LogP contribution in [0.4, 0.5) is 0 Å². The van der Waals surface area contributed by atoms with E-state index in [0.29, 0.717) is 25.1 Å². The number of nitrogens with zero attached hydrogens (tertiary/aromatic N) is 1. The number of hydrogen-bond acceptors (Lipinski definition) is 6. The van der Waals surface area contributed by atoms with Gasteiger partial charge < -0.3 is 14.8 Å². The van der Waals surface area contributed by atoms with Crippen LogP contribution in [0.3, 0.4) is 0 Å². The number of imidazole rings is 1. The van der Waals surface area contributed by atoms with Gasteiger partial charge in [-0.15, -0.1) is 0 Å². The van der Waals surface area contributed by atoms with Crippen molar-refractivity contribution in [3.05, 3.63) is 94.1 Å². The number of benzene rings is 2. The summed E-state index contributed by atoms with van der Waals surface area (Å²) in [4.78, 5) is 20.2. The number of sulfone groups is 1. The highest BCUT2D eigenvalue weighted by Crippen LogP contribution is 2.45. The number of aliphatic hydroxyl groups is 1. The van der Waals surface area contributed by atoms with Gasteiger partial charge >= 0.3 is 5.97 Å². The average Bonchev–Trinajstić information content (AvgIpc) is 3.64. The zero-order chi connectivity index (χ0) is 27.6. The molecule has 1 aliphatic carbocycles. The van der Waals surface area contributed by atoms with Crippen molar-refractivity contribution < 1.29 is 23.1 Å². The number of aromatic amines is 1. The first-order valence-electron chi connectivity index (χ1n) is 13.7. The van der Waals surface area contributed by atoms with Gasteiger partial charge in [0.1, 0.15) is 17.2 Å². The van der Waals surface area contributed by atoms with Gasteiger partial charge in [0, 0.05) is 12.8 Å². The fourth-order valence-electron chi connectivity index (χ4n) is 5.75. The second-order valence-electron chi connectivity index (χ2n) is 10.9. The molecular weight excluding hydrogens is 512 g/mol. The lowest BCUT2D eigenvalue weighted by atomic mass is 9.82. The fourth-order valence-corrected chi connectivity index (χ4v) is 7.08. The predicted molar refractivity (Wildman–Crippen MR) is 149 cm³/mol. The largest absolute Gasteiger partial charge is 0.512 e. The molecule has 1 aliphatic heterocycles. The number of ether oxygens (including phenoxy) is 1. The smallest absolute Gasteiger partial charge is 0.338 e. The molecule has 3 aromatic rings. The zero-order valence-corrected chi connectivity index (χ0v) is 23.4. The van der Waals surface area contributed by atoms with Gasteiger partial charge in [-0.05, 0) is 67.2 Å². The molecule has 1 unspecified atom stereocenters. The first-order chi connectivity index (χ1) is 18.7. The third-order valence-electron chi connectivity index (χ3n) is 7.81. The van der Waals surface area contributed by atoms with E-state index in [9.17, 15) is 18.3 Å². The summed E-state index contributed by atoms with van der Waals surface area (Å²) in [6.45, 7) is 3.77. The minimum atomic E-state index is -3.61. The van der Waals surface area contributed by atoms with E-state index in [1.807, 2.05) is 36.4 Å². The average molecular weight is 549 g/mol. The molecule has 1 saturated carbocycles. The Kier molecular flexibility index (Phi) is 7.67. The quantitative estimate of drug-likeness (QED) is 0.283. The SMILES string of the molecule is CCCC1(CCc2ccccc2)CC(O)=C(Cc2cccc(CS(=O)(=O)c3cnc(C)[nH]3)c2C2CC2)C(=O)O1. The standard InChI is InChI=1S/C31H36N2O5S/c1-3-15-31(16-14-22-8-5-4-6-9-22)18-27(34)26(30(35)38-31)17-24-10-7-11-25(29(24)23-12-13-23)20-39(36,37)28-19-32-21(2)33-28/h4-11,19,23,34H,3,12-18,20H2,1-2H3,(H,32,33). The summed E-state index contributed by atoms with van der Waals surface area (Å²) >= 11 is 0. The Bertz CT molecular complexity index is 1490. The van der Waals surface area contributed by atoms with Gasteiger partial charge in [0.15, 0.2) is 14.9 Å². The maximum absolute atomic E-state index is 13.4. The molecule has 8 heteroatoms. The first-order valence-corrected chi connectivity index (χ1v) is 15.4. The Morgan fingerprint density at radius 3 is 2.46 bits per heavy atom.